The fourth-order valence-electron chi connectivity index (χ4n) is 0.625. The predicted octanol–water partition coefficient (Wildman–Crippen LogP) is 3.55. The van der Waals surface area contributed by atoms with E-state index in [2.05, 4.69) is 39.5 Å². The first-order valence-electron chi connectivity index (χ1n) is 4.01. The van der Waals surface area contributed by atoms with E-state index in [4.69, 9.17) is 0 Å². The third-order valence-corrected chi connectivity index (χ3v) is 1.42. The summed E-state index contributed by atoms with van der Waals surface area (Å²) < 4.78 is 0. The Labute approximate surface area is 64.6 Å². The molecule has 0 aromatic heterocycles. The lowest BCUT2D eigenvalue weighted by molar-refractivity contribution is 0.663. The first kappa shape index (κ1) is 9.48. The molecule has 0 amide bonds. The summed E-state index contributed by atoms with van der Waals surface area (Å²) in [6, 6.07) is 0. The van der Waals surface area contributed by atoms with E-state index < -0.39 is 0 Å². The molecule has 0 bridgehead atoms. The molecule has 0 atom stereocenters. The van der Waals surface area contributed by atoms with Crippen LogP contribution in [0, 0.1) is 5.92 Å². The van der Waals surface area contributed by atoms with Gasteiger partial charge in [-0.15, -0.1) is 0 Å². The van der Waals surface area contributed by atoms with E-state index in [-0.39, 0.29) is 0 Å². The molecule has 0 radical (unpaired) electrons. The highest BCUT2D eigenvalue weighted by molar-refractivity contribution is 5.13. The molecule has 0 saturated heterocycles. The second-order valence-electron chi connectivity index (χ2n) is 3.04. The van der Waals surface area contributed by atoms with Crippen molar-refractivity contribution in [1.82, 2.24) is 0 Å². The minimum absolute atomic E-state index is 0.765. The highest BCUT2D eigenvalue weighted by atomic mass is 13.9. The summed E-state index contributed by atoms with van der Waals surface area (Å²) in [5.74, 6) is 0.765. The minimum atomic E-state index is 0.765. The van der Waals surface area contributed by atoms with E-state index in [0.29, 0.717) is 0 Å². The van der Waals surface area contributed by atoms with Crippen LogP contribution in [0.1, 0.15) is 33.6 Å². The van der Waals surface area contributed by atoms with Crippen LogP contribution in [-0.2, 0) is 0 Å². The first-order chi connectivity index (χ1) is 4.66. The van der Waals surface area contributed by atoms with E-state index >= 15 is 0 Å². The van der Waals surface area contributed by atoms with Gasteiger partial charge in [0.15, 0.2) is 0 Å². The second-order valence-corrected chi connectivity index (χ2v) is 3.04. The predicted molar refractivity (Wildman–Crippen MR) is 48.0 cm³/mol. The van der Waals surface area contributed by atoms with Crippen LogP contribution in [0.25, 0.3) is 0 Å². The molecule has 0 heterocycles. The lowest BCUT2D eigenvalue weighted by atomic mass is 10.1. The number of hydrogen-bond donors (Lipinski definition) is 0. The summed E-state index contributed by atoms with van der Waals surface area (Å²) in [6.45, 7) is 10.5. The molecule has 0 rings (SSSR count). The molecular formula is C10H18. The van der Waals surface area contributed by atoms with Gasteiger partial charge in [0.25, 0.3) is 0 Å². The molecule has 0 aliphatic carbocycles. The third kappa shape index (κ3) is 5.61. The molecule has 0 aromatic rings. The van der Waals surface area contributed by atoms with E-state index in [9.17, 15) is 0 Å². The van der Waals surface area contributed by atoms with Crippen LogP contribution in [0.15, 0.2) is 24.3 Å². The Balaban J connectivity index is 3.46. The summed E-state index contributed by atoms with van der Waals surface area (Å²) in [5, 5.41) is 0. The van der Waals surface area contributed by atoms with E-state index in [0.717, 1.165) is 12.3 Å². The van der Waals surface area contributed by atoms with E-state index in [1.807, 2.05) is 0 Å². The SMILES string of the molecule is C=C(/C=C\CC(C)C)CC. The molecular weight excluding hydrogens is 120 g/mol. The van der Waals surface area contributed by atoms with Crippen molar-refractivity contribution in [2.75, 3.05) is 0 Å². The van der Waals surface area contributed by atoms with Crippen LogP contribution >= 0.6 is 0 Å². The molecule has 0 aliphatic heterocycles. The van der Waals surface area contributed by atoms with Crippen molar-refractivity contribution < 1.29 is 0 Å². The van der Waals surface area contributed by atoms with Gasteiger partial charge in [0.05, 0.1) is 0 Å². The maximum Gasteiger partial charge on any atom is -0.0313 e. The topological polar surface area (TPSA) is 0 Å². The molecule has 0 aromatic carbocycles. The van der Waals surface area contributed by atoms with Gasteiger partial charge in [0.2, 0.25) is 0 Å². The van der Waals surface area contributed by atoms with Gasteiger partial charge in [0.1, 0.15) is 0 Å². The largest absolute Gasteiger partial charge is 0.0959 e. The van der Waals surface area contributed by atoms with Crippen molar-refractivity contribution in [3.63, 3.8) is 0 Å². The van der Waals surface area contributed by atoms with Gasteiger partial charge in [-0.2, -0.15) is 0 Å². The Bertz CT molecular complexity index is 118. The minimum Gasteiger partial charge on any atom is -0.0959 e. The molecule has 58 valence electrons. The van der Waals surface area contributed by atoms with Gasteiger partial charge in [0, 0.05) is 0 Å². The van der Waals surface area contributed by atoms with Crippen molar-refractivity contribution in [2.45, 2.75) is 33.6 Å². The number of allylic oxidation sites excluding steroid dienone is 3. The van der Waals surface area contributed by atoms with Crippen LogP contribution in [-0.4, -0.2) is 0 Å². The number of hydrogen-bond acceptors (Lipinski definition) is 0. The average molecular weight is 138 g/mol. The van der Waals surface area contributed by atoms with Crippen LogP contribution in [0.2, 0.25) is 0 Å². The smallest absolute Gasteiger partial charge is 0.0313 e. The maximum atomic E-state index is 3.88. The van der Waals surface area contributed by atoms with Crippen molar-refractivity contribution in [2.24, 2.45) is 5.92 Å². The fraction of sp³-hybridized carbons (Fsp3) is 0.600. The van der Waals surface area contributed by atoms with Crippen molar-refractivity contribution >= 4 is 0 Å². The first-order valence-corrected chi connectivity index (χ1v) is 4.01. The third-order valence-electron chi connectivity index (χ3n) is 1.42. The molecule has 0 unspecified atom stereocenters. The van der Waals surface area contributed by atoms with E-state index in [1.54, 1.807) is 0 Å². The summed E-state index contributed by atoms with van der Waals surface area (Å²) in [5.41, 5.74) is 1.22. The van der Waals surface area contributed by atoms with Crippen LogP contribution in [0.3, 0.4) is 0 Å². The van der Waals surface area contributed by atoms with Crippen LogP contribution in [0.4, 0.5) is 0 Å². The average Bonchev–Trinajstić information content (AvgIpc) is 1.87. The molecule has 0 N–H and O–H groups in total. The fourth-order valence-corrected chi connectivity index (χ4v) is 0.625. The van der Waals surface area contributed by atoms with Gasteiger partial charge in [-0.3, -0.25) is 0 Å². The van der Waals surface area contributed by atoms with Crippen molar-refractivity contribution in [3.05, 3.63) is 24.3 Å². The normalized spacial score (nSPS) is 11.2. The number of rotatable bonds is 4. The van der Waals surface area contributed by atoms with Gasteiger partial charge >= 0.3 is 0 Å². The highest BCUT2D eigenvalue weighted by Gasteiger charge is 1.87. The Hall–Kier alpha value is -0.520. The molecule has 0 spiro atoms. The zero-order valence-electron chi connectivity index (χ0n) is 7.35. The Morgan fingerprint density at radius 1 is 1.50 bits per heavy atom. The highest BCUT2D eigenvalue weighted by Crippen LogP contribution is 2.03. The van der Waals surface area contributed by atoms with Gasteiger partial charge in [-0.25, -0.2) is 0 Å². The molecule has 10 heavy (non-hydrogen) atoms. The standard InChI is InChI=1S/C10H18/c1-5-10(4)8-6-7-9(2)3/h6,8-9H,4-5,7H2,1-3H3/b8-6-. The molecule has 0 aliphatic rings. The molecule has 0 nitrogen and oxygen atoms in total. The lowest BCUT2D eigenvalue weighted by Gasteiger charge is -1.96. The molecule has 0 saturated carbocycles. The van der Waals surface area contributed by atoms with Crippen molar-refractivity contribution in [1.29, 1.82) is 0 Å². The Morgan fingerprint density at radius 3 is 2.50 bits per heavy atom. The summed E-state index contributed by atoms with van der Waals surface area (Å²) >= 11 is 0. The Morgan fingerprint density at radius 2 is 2.10 bits per heavy atom. The lowest BCUT2D eigenvalue weighted by Crippen LogP contribution is -1.81. The van der Waals surface area contributed by atoms with Gasteiger partial charge < -0.3 is 0 Å². The summed E-state index contributed by atoms with van der Waals surface area (Å²) in [4.78, 5) is 0. The maximum absolute atomic E-state index is 3.88. The zero-order chi connectivity index (χ0) is 7.98. The summed E-state index contributed by atoms with van der Waals surface area (Å²) in [6.07, 6.45) is 6.56. The monoisotopic (exact) mass is 138 g/mol. The van der Waals surface area contributed by atoms with Crippen LogP contribution < -0.4 is 0 Å². The molecule has 0 heteroatoms. The van der Waals surface area contributed by atoms with Crippen molar-refractivity contribution in [3.8, 4) is 0 Å². The zero-order valence-corrected chi connectivity index (χ0v) is 7.35. The van der Waals surface area contributed by atoms with Crippen LogP contribution in [0.5, 0.6) is 0 Å². The second kappa shape index (κ2) is 5.28. The Kier molecular flexibility index (Phi) is 5.00. The molecule has 0 fully saturated rings. The van der Waals surface area contributed by atoms with Gasteiger partial charge in [-0.1, -0.05) is 45.1 Å². The summed E-state index contributed by atoms with van der Waals surface area (Å²) in [7, 11) is 0. The van der Waals surface area contributed by atoms with E-state index in [1.165, 1.54) is 12.0 Å². The quantitative estimate of drug-likeness (QED) is 0.521. The van der Waals surface area contributed by atoms with Gasteiger partial charge in [-0.05, 0) is 18.8 Å².